The topological polar surface area (TPSA) is 24.9 Å². The van der Waals surface area contributed by atoms with Crippen molar-refractivity contribution >= 4 is 27.2 Å². The van der Waals surface area contributed by atoms with Crippen LogP contribution >= 0.6 is 11.3 Å². The molecule has 0 radical (unpaired) electrons. The van der Waals surface area contributed by atoms with E-state index in [0.29, 0.717) is 5.92 Å². The fraction of sp³-hybridized carbons (Fsp3) is 0.235. The zero-order valence-corrected chi connectivity index (χ0v) is 12.2. The van der Waals surface area contributed by atoms with Crippen molar-refractivity contribution in [2.45, 2.75) is 19.3 Å². The number of nitrogens with zero attached hydrogens (tertiary/aromatic N) is 1. The second-order valence-electron chi connectivity index (χ2n) is 5.33. The molecule has 1 aliphatic heterocycles. The molecule has 100 valence electrons. The van der Waals surface area contributed by atoms with Crippen LogP contribution in [0.2, 0.25) is 0 Å². The van der Waals surface area contributed by atoms with Gasteiger partial charge >= 0.3 is 0 Å². The molecule has 2 aromatic carbocycles. The van der Waals surface area contributed by atoms with Crippen LogP contribution in [0.5, 0.6) is 0 Å². The van der Waals surface area contributed by atoms with Gasteiger partial charge in [-0.2, -0.15) is 0 Å². The van der Waals surface area contributed by atoms with Crippen LogP contribution in [0.1, 0.15) is 28.5 Å². The van der Waals surface area contributed by atoms with Crippen molar-refractivity contribution in [1.82, 2.24) is 4.98 Å². The maximum Gasteiger partial charge on any atom is 0.101 e. The Bertz CT molecular complexity index is 776. The lowest BCUT2D eigenvalue weighted by Crippen LogP contribution is -2.17. The molecular weight excluding hydrogens is 264 g/mol. The molecule has 0 fully saturated rings. The van der Waals surface area contributed by atoms with Crippen LogP contribution in [0.3, 0.4) is 0 Å². The number of anilines is 1. The number of rotatable bonds is 1. The van der Waals surface area contributed by atoms with Crippen LogP contribution in [0.4, 0.5) is 5.69 Å². The number of fused-ring (bicyclic) bond motifs is 2. The highest BCUT2D eigenvalue weighted by Crippen LogP contribution is 2.39. The third-order valence-corrected chi connectivity index (χ3v) is 5.15. The number of nitrogens with one attached hydrogen (secondary N) is 1. The van der Waals surface area contributed by atoms with Gasteiger partial charge in [0.2, 0.25) is 0 Å². The summed E-state index contributed by atoms with van der Waals surface area (Å²) in [6.07, 6.45) is 1.12. The summed E-state index contributed by atoms with van der Waals surface area (Å²) in [7, 11) is 0. The molecule has 0 aliphatic carbocycles. The van der Waals surface area contributed by atoms with E-state index in [1.54, 1.807) is 0 Å². The number of benzene rings is 2. The van der Waals surface area contributed by atoms with Gasteiger partial charge in [0.05, 0.1) is 10.2 Å². The molecule has 1 aliphatic rings. The lowest BCUT2D eigenvalue weighted by molar-refractivity contribution is 0.716. The molecule has 0 amide bonds. The van der Waals surface area contributed by atoms with Crippen molar-refractivity contribution in [1.29, 1.82) is 0 Å². The van der Waals surface area contributed by atoms with Gasteiger partial charge in [-0.1, -0.05) is 30.3 Å². The van der Waals surface area contributed by atoms with Crippen LogP contribution in [-0.4, -0.2) is 11.5 Å². The molecular formula is C17H16N2S. The minimum atomic E-state index is 0.434. The smallest absolute Gasteiger partial charge is 0.101 e. The van der Waals surface area contributed by atoms with E-state index in [1.165, 1.54) is 32.0 Å². The average molecular weight is 280 g/mol. The summed E-state index contributed by atoms with van der Waals surface area (Å²) in [6.45, 7) is 3.17. The van der Waals surface area contributed by atoms with E-state index in [2.05, 4.69) is 54.7 Å². The predicted octanol–water partition coefficient (Wildman–Crippen LogP) is 4.55. The Morgan fingerprint density at radius 2 is 2.05 bits per heavy atom. The maximum absolute atomic E-state index is 4.93. The second kappa shape index (κ2) is 4.60. The molecule has 20 heavy (non-hydrogen) atoms. The molecule has 0 spiro atoms. The van der Waals surface area contributed by atoms with Gasteiger partial charge in [0, 0.05) is 18.2 Å². The molecule has 0 bridgehead atoms. The highest BCUT2D eigenvalue weighted by Gasteiger charge is 2.24. The average Bonchev–Trinajstić information content (AvgIpc) is 2.92. The van der Waals surface area contributed by atoms with Crippen LogP contribution in [-0.2, 0) is 0 Å². The summed E-state index contributed by atoms with van der Waals surface area (Å²) < 4.78 is 1.30. The van der Waals surface area contributed by atoms with Crippen LogP contribution < -0.4 is 5.32 Å². The number of hydrogen-bond acceptors (Lipinski definition) is 3. The number of para-hydroxylation sites is 2. The molecule has 4 rings (SSSR count). The number of hydrogen-bond donors (Lipinski definition) is 1. The Morgan fingerprint density at radius 3 is 2.95 bits per heavy atom. The molecule has 2 nitrogen and oxygen atoms in total. The van der Waals surface area contributed by atoms with Gasteiger partial charge in [-0.3, -0.25) is 0 Å². The van der Waals surface area contributed by atoms with Crippen LogP contribution in [0.15, 0.2) is 42.5 Å². The first-order chi connectivity index (χ1) is 9.83. The zero-order chi connectivity index (χ0) is 13.5. The third-order valence-electron chi connectivity index (χ3n) is 4.02. The van der Waals surface area contributed by atoms with Crippen molar-refractivity contribution in [3.63, 3.8) is 0 Å². The minimum absolute atomic E-state index is 0.434. The van der Waals surface area contributed by atoms with E-state index in [0.717, 1.165) is 13.0 Å². The van der Waals surface area contributed by atoms with Gasteiger partial charge < -0.3 is 5.32 Å². The molecule has 1 N–H and O–H groups in total. The lowest BCUT2D eigenvalue weighted by atomic mass is 9.91. The van der Waals surface area contributed by atoms with Gasteiger partial charge in [0.1, 0.15) is 5.01 Å². The fourth-order valence-electron chi connectivity index (χ4n) is 2.98. The Kier molecular flexibility index (Phi) is 2.74. The van der Waals surface area contributed by atoms with Crippen LogP contribution in [0, 0.1) is 6.92 Å². The fourth-order valence-corrected chi connectivity index (χ4v) is 4.18. The van der Waals surface area contributed by atoms with E-state index in [9.17, 15) is 0 Å². The quantitative estimate of drug-likeness (QED) is 0.707. The summed E-state index contributed by atoms with van der Waals surface area (Å²) in [5.41, 5.74) is 5.09. The Hall–Kier alpha value is -1.87. The summed E-state index contributed by atoms with van der Waals surface area (Å²) >= 11 is 1.84. The predicted molar refractivity (Wildman–Crippen MR) is 85.7 cm³/mol. The van der Waals surface area contributed by atoms with E-state index in [-0.39, 0.29) is 0 Å². The highest BCUT2D eigenvalue weighted by atomic mass is 32.1. The molecule has 2 heterocycles. The van der Waals surface area contributed by atoms with Crippen LogP contribution in [0.25, 0.3) is 10.2 Å². The highest BCUT2D eigenvalue weighted by molar-refractivity contribution is 7.18. The van der Waals surface area contributed by atoms with Crippen molar-refractivity contribution in [2.75, 3.05) is 11.9 Å². The van der Waals surface area contributed by atoms with Gasteiger partial charge in [-0.05, 0) is 36.6 Å². The first-order valence-corrected chi connectivity index (χ1v) is 7.83. The SMILES string of the molecule is Cc1cccc2sc(C3CCNc4ccccc43)nc12. The van der Waals surface area contributed by atoms with E-state index in [1.807, 2.05) is 11.3 Å². The lowest BCUT2D eigenvalue weighted by Gasteiger charge is -2.25. The molecule has 3 heteroatoms. The molecule has 1 atom stereocenters. The van der Waals surface area contributed by atoms with E-state index >= 15 is 0 Å². The van der Waals surface area contributed by atoms with Gasteiger partial charge in [-0.15, -0.1) is 11.3 Å². The van der Waals surface area contributed by atoms with Gasteiger partial charge in [0.25, 0.3) is 0 Å². The summed E-state index contributed by atoms with van der Waals surface area (Å²) in [5.74, 6) is 0.434. The monoisotopic (exact) mass is 280 g/mol. The number of aromatic nitrogens is 1. The normalized spacial score (nSPS) is 17.8. The van der Waals surface area contributed by atoms with Gasteiger partial charge in [-0.25, -0.2) is 4.98 Å². The first kappa shape index (κ1) is 11.9. The van der Waals surface area contributed by atoms with E-state index < -0.39 is 0 Å². The second-order valence-corrected chi connectivity index (χ2v) is 6.39. The molecule has 0 saturated heterocycles. The van der Waals surface area contributed by atoms with Gasteiger partial charge in [0.15, 0.2) is 0 Å². The summed E-state index contributed by atoms with van der Waals surface area (Å²) in [6, 6.07) is 15.0. The minimum Gasteiger partial charge on any atom is -0.385 e. The van der Waals surface area contributed by atoms with Crippen molar-refractivity contribution < 1.29 is 0 Å². The zero-order valence-electron chi connectivity index (χ0n) is 11.4. The first-order valence-electron chi connectivity index (χ1n) is 7.02. The summed E-state index contributed by atoms with van der Waals surface area (Å²) in [5, 5.41) is 4.74. The van der Waals surface area contributed by atoms with Crippen molar-refractivity contribution in [2.24, 2.45) is 0 Å². The molecule has 0 saturated carbocycles. The Labute approximate surface area is 122 Å². The van der Waals surface area contributed by atoms with Crippen molar-refractivity contribution in [3.05, 3.63) is 58.6 Å². The Balaban J connectivity index is 1.86. The molecule has 3 aromatic rings. The summed E-state index contributed by atoms with van der Waals surface area (Å²) in [4.78, 5) is 4.93. The Morgan fingerprint density at radius 1 is 1.15 bits per heavy atom. The number of thiazole rings is 1. The molecule has 1 unspecified atom stereocenters. The van der Waals surface area contributed by atoms with E-state index in [4.69, 9.17) is 4.98 Å². The largest absolute Gasteiger partial charge is 0.385 e. The van der Waals surface area contributed by atoms with Crippen molar-refractivity contribution in [3.8, 4) is 0 Å². The maximum atomic E-state index is 4.93. The standard InChI is InChI=1S/C17H16N2S/c1-11-5-4-8-15-16(11)19-17(20-15)13-9-10-18-14-7-3-2-6-12(13)14/h2-8,13,18H,9-10H2,1H3. The third kappa shape index (κ3) is 1.81. The number of aryl methyl sites for hydroxylation is 1. The molecule has 1 aromatic heterocycles.